The molecular weight excluding hydrogens is 453 g/mol. The zero-order valence-corrected chi connectivity index (χ0v) is 19.0. The van der Waals surface area contributed by atoms with Crippen LogP contribution in [0.15, 0.2) is 47.3 Å². The molecule has 4 rings (SSSR count). The van der Waals surface area contributed by atoms with E-state index in [9.17, 15) is 9.59 Å². The molecule has 2 unspecified atom stereocenters. The summed E-state index contributed by atoms with van der Waals surface area (Å²) in [5.74, 6) is 0.505. The summed E-state index contributed by atoms with van der Waals surface area (Å²) in [4.78, 5) is 34.7. The minimum absolute atomic E-state index is 0.0718. The van der Waals surface area contributed by atoms with E-state index in [4.69, 9.17) is 32.7 Å². The van der Waals surface area contributed by atoms with Gasteiger partial charge in [0.1, 0.15) is 11.6 Å². The van der Waals surface area contributed by atoms with E-state index >= 15 is 0 Å². The number of hydrogen-bond acceptors (Lipinski definition) is 5. The average Bonchev–Trinajstić information content (AvgIpc) is 3.28. The largest absolute Gasteiger partial charge is 0.479 e. The van der Waals surface area contributed by atoms with E-state index in [0.29, 0.717) is 45.7 Å². The normalized spacial score (nSPS) is 16.8. The lowest BCUT2D eigenvalue weighted by atomic mass is 10.2. The third-order valence-corrected chi connectivity index (χ3v) is 5.84. The van der Waals surface area contributed by atoms with Crippen molar-refractivity contribution in [1.82, 2.24) is 14.9 Å². The Balaban J connectivity index is 1.56. The molecule has 2 heterocycles. The molecule has 1 fully saturated rings. The van der Waals surface area contributed by atoms with Crippen molar-refractivity contribution >= 4 is 40.0 Å². The van der Waals surface area contributed by atoms with Gasteiger partial charge in [-0.25, -0.2) is 4.98 Å². The molecule has 168 valence electrons. The Morgan fingerprint density at radius 3 is 2.88 bits per heavy atom. The number of rotatable bonds is 7. The zero-order valence-electron chi connectivity index (χ0n) is 17.5. The van der Waals surface area contributed by atoms with Crippen LogP contribution in [0.25, 0.3) is 10.9 Å². The van der Waals surface area contributed by atoms with E-state index in [2.05, 4.69) is 9.97 Å². The molecule has 3 aromatic rings. The maximum absolute atomic E-state index is 13.3. The molecule has 1 aliphatic rings. The number of aromatic amines is 1. The minimum atomic E-state index is -0.817. The summed E-state index contributed by atoms with van der Waals surface area (Å²) < 4.78 is 11.6. The molecule has 1 saturated heterocycles. The molecule has 2 aromatic carbocycles. The van der Waals surface area contributed by atoms with Crippen molar-refractivity contribution < 1.29 is 14.3 Å². The molecule has 9 heteroatoms. The maximum Gasteiger partial charge on any atom is 0.263 e. The number of carbonyl (C=O) groups excluding carboxylic acids is 1. The van der Waals surface area contributed by atoms with Gasteiger partial charge in [-0.1, -0.05) is 35.3 Å². The van der Waals surface area contributed by atoms with Crippen LogP contribution in [0.3, 0.4) is 0 Å². The molecule has 1 aliphatic heterocycles. The van der Waals surface area contributed by atoms with E-state index in [1.165, 1.54) is 0 Å². The first kappa shape index (κ1) is 22.6. The van der Waals surface area contributed by atoms with E-state index < -0.39 is 6.10 Å². The number of ether oxygens (including phenoxy) is 2. The first-order valence-electron chi connectivity index (χ1n) is 10.4. The second kappa shape index (κ2) is 9.90. The van der Waals surface area contributed by atoms with Gasteiger partial charge in [0.25, 0.3) is 11.5 Å². The molecule has 0 aliphatic carbocycles. The fraction of sp³-hybridized carbons (Fsp3) is 0.348. The van der Waals surface area contributed by atoms with Crippen molar-refractivity contribution in [2.45, 2.75) is 38.5 Å². The first-order chi connectivity index (χ1) is 15.4. The smallest absolute Gasteiger partial charge is 0.263 e. The van der Waals surface area contributed by atoms with Crippen LogP contribution in [0.5, 0.6) is 5.75 Å². The van der Waals surface area contributed by atoms with Gasteiger partial charge in [-0.15, -0.1) is 0 Å². The Labute approximate surface area is 195 Å². The van der Waals surface area contributed by atoms with Gasteiger partial charge < -0.3 is 19.4 Å². The van der Waals surface area contributed by atoms with Crippen LogP contribution in [-0.4, -0.2) is 46.1 Å². The summed E-state index contributed by atoms with van der Waals surface area (Å²) in [5.41, 5.74) is 0.334. The summed E-state index contributed by atoms with van der Waals surface area (Å²) in [7, 11) is 0. The number of nitrogens with zero attached hydrogens (tertiary/aromatic N) is 2. The molecule has 2 atom stereocenters. The van der Waals surface area contributed by atoms with Crippen molar-refractivity contribution in [1.29, 1.82) is 0 Å². The molecular formula is C23H23Cl2N3O4. The maximum atomic E-state index is 13.3. The Hall–Kier alpha value is -2.61. The predicted octanol–water partition coefficient (Wildman–Crippen LogP) is 4.21. The molecule has 0 spiro atoms. The van der Waals surface area contributed by atoms with Crippen molar-refractivity contribution in [3.8, 4) is 5.75 Å². The Bertz CT molecular complexity index is 1180. The van der Waals surface area contributed by atoms with Gasteiger partial charge in [-0.3, -0.25) is 9.59 Å². The molecule has 0 saturated carbocycles. The highest BCUT2D eigenvalue weighted by Gasteiger charge is 2.28. The van der Waals surface area contributed by atoms with E-state index in [0.717, 1.165) is 12.8 Å². The Kier molecular flexibility index (Phi) is 6.98. The summed E-state index contributed by atoms with van der Waals surface area (Å²) in [5, 5.41) is 1.30. The van der Waals surface area contributed by atoms with Gasteiger partial charge >= 0.3 is 0 Å². The van der Waals surface area contributed by atoms with E-state index in [-0.39, 0.29) is 24.1 Å². The lowest BCUT2D eigenvalue weighted by Gasteiger charge is -2.28. The highest BCUT2D eigenvalue weighted by Crippen LogP contribution is 2.28. The number of carbonyl (C=O) groups is 1. The van der Waals surface area contributed by atoms with Gasteiger partial charge in [-0.05, 0) is 50.1 Å². The molecule has 0 radical (unpaired) electrons. The minimum Gasteiger partial charge on any atom is -0.479 e. The topological polar surface area (TPSA) is 84.5 Å². The summed E-state index contributed by atoms with van der Waals surface area (Å²) >= 11 is 12.1. The highest BCUT2D eigenvalue weighted by molar-refractivity contribution is 6.35. The first-order valence-corrected chi connectivity index (χ1v) is 11.2. The van der Waals surface area contributed by atoms with Crippen molar-refractivity contribution in [2.75, 3.05) is 13.2 Å². The standard InChI is InChI=1S/C23H23Cl2N3O4/c1-14(32-20-9-8-15(24)11-18(20)25)23(30)28(12-16-5-4-10-31-16)13-21-26-19-7-3-2-6-17(19)22(29)27-21/h2-3,6-9,11,14,16H,4-5,10,12-13H2,1H3,(H,26,27,29). The molecule has 7 nitrogen and oxygen atoms in total. The lowest BCUT2D eigenvalue weighted by molar-refractivity contribution is -0.140. The summed E-state index contributed by atoms with van der Waals surface area (Å²) in [6.07, 6.45) is 0.924. The number of fused-ring (bicyclic) bond motifs is 1. The van der Waals surface area contributed by atoms with Crippen molar-refractivity contribution in [2.24, 2.45) is 0 Å². The number of benzene rings is 2. The molecule has 1 amide bonds. The number of aromatic nitrogens is 2. The Morgan fingerprint density at radius 1 is 1.31 bits per heavy atom. The van der Waals surface area contributed by atoms with Crippen molar-refractivity contribution in [3.63, 3.8) is 0 Å². The molecule has 1 aromatic heterocycles. The highest BCUT2D eigenvalue weighted by atomic mass is 35.5. The monoisotopic (exact) mass is 475 g/mol. The van der Waals surface area contributed by atoms with Gasteiger partial charge in [0, 0.05) is 18.2 Å². The molecule has 0 bridgehead atoms. The van der Waals surface area contributed by atoms with Crippen LogP contribution in [-0.2, 0) is 16.1 Å². The Morgan fingerprint density at radius 2 is 2.12 bits per heavy atom. The zero-order chi connectivity index (χ0) is 22.7. The number of amides is 1. The van der Waals surface area contributed by atoms with Gasteiger partial charge in [0.05, 0.1) is 28.6 Å². The fourth-order valence-corrected chi connectivity index (χ4v) is 4.18. The van der Waals surface area contributed by atoms with Crippen LogP contribution in [0, 0.1) is 0 Å². The second-order valence-electron chi connectivity index (χ2n) is 7.72. The van der Waals surface area contributed by atoms with Crippen molar-refractivity contribution in [3.05, 3.63) is 68.7 Å². The van der Waals surface area contributed by atoms with Crippen LogP contribution in [0.2, 0.25) is 10.0 Å². The van der Waals surface area contributed by atoms with Crippen LogP contribution >= 0.6 is 23.2 Å². The van der Waals surface area contributed by atoms with E-state index in [1.807, 2.05) is 6.07 Å². The number of nitrogens with one attached hydrogen (secondary N) is 1. The number of hydrogen-bond donors (Lipinski definition) is 1. The predicted molar refractivity (Wildman–Crippen MR) is 123 cm³/mol. The number of H-pyrrole nitrogens is 1. The number of para-hydroxylation sites is 1. The van der Waals surface area contributed by atoms with Gasteiger partial charge in [-0.2, -0.15) is 0 Å². The SMILES string of the molecule is CC(Oc1ccc(Cl)cc1Cl)C(=O)N(Cc1nc2ccccc2c(=O)[nH]1)CC1CCCO1. The quantitative estimate of drug-likeness (QED) is 0.553. The average molecular weight is 476 g/mol. The van der Waals surface area contributed by atoms with Crippen LogP contribution in [0.1, 0.15) is 25.6 Å². The van der Waals surface area contributed by atoms with Crippen LogP contribution in [0.4, 0.5) is 0 Å². The van der Waals surface area contributed by atoms with E-state index in [1.54, 1.807) is 48.2 Å². The second-order valence-corrected chi connectivity index (χ2v) is 8.56. The van der Waals surface area contributed by atoms with Crippen LogP contribution < -0.4 is 10.3 Å². The molecule has 1 N–H and O–H groups in total. The third-order valence-electron chi connectivity index (χ3n) is 5.31. The fourth-order valence-electron chi connectivity index (χ4n) is 3.73. The molecule has 32 heavy (non-hydrogen) atoms. The summed E-state index contributed by atoms with van der Waals surface area (Å²) in [6.45, 7) is 2.83. The lowest BCUT2D eigenvalue weighted by Crippen LogP contribution is -2.44. The van der Waals surface area contributed by atoms with Gasteiger partial charge in [0.15, 0.2) is 6.10 Å². The number of halogens is 2. The third kappa shape index (κ3) is 5.23. The van der Waals surface area contributed by atoms with Gasteiger partial charge in [0.2, 0.25) is 0 Å². The summed E-state index contributed by atoms with van der Waals surface area (Å²) in [6, 6.07) is 11.9.